The van der Waals surface area contributed by atoms with Gasteiger partial charge in [-0.05, 0) is 68.1 Å². The fraction of sp³-hybridized carbons (Fsp3) is 0.391. The van der Waals surface area contributed by atoms with Crippen molar-refractivity contribution >= 4 is 29.0 Å². The second-order valence-electron chi connectivity index (χ2n) is 7.22. The van der Waals surface area contributed by atoms with Crippen LogP contribution in [0.2, 0.25) is 0 Å². The lowest BCUT2D eigenvalue weighted by atomic mass is 10.0. The van der Waals surface area contributed by atoms with Crippen molar-refractivity contribution in [1.29, 1.82) is 0 Å². The Bertz CT molecular complexity index is 823. The van der Waals surface area contributed by atoms with Crippen LogP contribution in [0.5, 0.6) is 0 Å². The minimum atomic E-state index is -0.515. The van der Waals surface area contributed by atoms with Gasteiger partial charge < -0.3 is 10.2 Å². The van der Waals surface area contributed by atoms with Crippen molar-refractivity contribution in [3.63, 3.8) is 0 Å². The van der Waals surface area contributed by atoms with Gasteiger partial charge in [0.15, 0.2) is 5.78 Å². The molecule has 0 radical (unpaired) electrons. The van der Waals surface area contributed by atoms with Crippen molar-refractivity contribution in [1.82, 2.24) is 5.32 Å². The second-order valence-corrected chi connectivity index (χ2v) is 7.75. The van der Waals surface area contributed by atoms with Crippen LogP contribution in [-0.2, 0) is 17.6 Å². The van der Waals surface area contributed by atoms with Gasteiger partial charge in [-0.1, -0.05) is 30.3 Å². The van der Waals surface area contributed by atoms with Gasteiger partial charge in [-0.25, -0.2) is 0 Å². The zero-order chi connectivity index (χ0) is 19.9. The summed E-state index contributed by atoms with van der Waals surface area (Å²) >= 11 is 6.36. The number of anilines is 1. The molecule has 5 heteroatoms. The molecule has 0 aromatic heterocycles. The summed E-state index contributed by atoms with van der Waals surface area (Å²) in [7, 11) is 0. The van der Waals surface area contributed by atoms with E-state index in [4.69, 9.17) is 11.6 Å². The molecule has 1 aliphatic rings. The van der Waals surface area contributed by atoms with Gasteiger partial charge in [-0.3, -0.25) is 9.59 Å². The third-order valence-corrected chi connectivity index (χ3v) is 5.58. The Morgan fingerprint density at radius 3 is 2.68 bits per heavy atom. The van der Waals surface area contributed by atoms with Crippen LogP contribution in [0.1, 0.15) is 41.3 Å². The summed E-state index contributed by atoms with van der Waals surface area (Å²) in [6, 6.07) is 15.9. The number of halogens is 1. The Balaban J connectivity index is 1.42. The second kappa shape index (κ2) is 9.85. The average molecular weight is 399 g/mol. The molecule has 0 saturated carbocycles. The summed E-state index contributed by atoms with van der Waals surface area (Å²) in [5.74, 6) is 0.00263. The summed E-state index contributed by atoms with van der Waals surface area (Å²) in [6.07, 6.45) is 3.29. The van der Waals surface area contributed by atoms with Gasteiger partial charge in [0.05, 0.1) is 5.38 Å². The minimum absolute atomic E-state index is 0.0324. The molecule has 1 aliphatic heterocycles. The van der Waals surface area contributed by atoms with E-state index >= 15 is 0 Å². The number of hydrogen-bond donors (Lipinski definition) is 1. The van der Waals surface area contributed by atoms with Crippen molar-refractivity contribution in [3.05, 3.63) is 65.2 Å². The maximum atomic E-state index is 12.6. The van der Waals surface area contributed by atoms with E-state index in [0.29, 0.717) is 18.5 Å². The average Bonchev–Trinajstić information content (AvgIpc) is 3.14. The van der Waals surface area contributed by atoms with Crippen LogP contribution < -0.4 is 10.2 Å². The topological polar surface area (TPSA) is 49.4 Å². The van der Waals surface area contributed by atoms with Crippen LogP contribution in [0.25, 0.3) is 0 Å². The number of Topliss-reactive ketones (excluding diaryl/α,β-unsaturated/α-hetero) is 1. The maximum Gasteiger partial charge on any atom is 0.223 e. The SMILES string of the molecule is CC(=O)N1CCc2cc(C(=O)C(Cl)CCCNCCc3ccccc3)ccc21. The van der Waals surface area contributed by atoms with Crippen LogP contribution >= 0.6 is 11.6 Å². The van der Waals surface area contributed by atoms with Gasteiger partial charge in [0, 0.05) is 24.7 Å². The van der Waals surface area contributed by atoms with Crippen molar-refractivity contribution < 1.29 is 9.59 Å². The minimum Gasteiger partial charge on any atom is -0.316 e. The Morgan fingerprint density at radius 2 is 1.93 bits per heavy atom. The molecular weight excluding hydrogens is 372 g/mol. The molecule has 0 aliphatic carbocycles. The normalized spacial score (nSPS) is 14.0. The highest BCUT2D eigenvalue weighted by atomic mass is 35.5. The molecule has 28 heavy (non-hydrogen) atoms. The van der Waals surface area contributed by atoms with Crippen LogP contribution in [0.4, 0.5) is 5.69 Å². The van der Waals surface area contributed by atoms with E-state index in [-0.39, 0.29) is 11.7 Å². The van der Waals surface area contributed by atoms with E-state index in [2.05, 4.69) is 29.6 Å². The Morgan fingerprint density at radius 1 is 1.14 bits per heavy atom. The lowest BCUT2D eigenvalue weighted by Crippen LogP contribution is -2.25. The number of rotatable bonds is 9. The smallest absolute Gasteiger partial charge is 0.223 e. The monoisotopic (exact) mass is 398 g/mol. The highest BCUT2D eigenvalue weighted by Crippen LogP contribution is 2.29. The number of nitrogens with zero attached hydrogens (tertiary/aromatic N) is 1. The molecule has 3 rings (SSSR count). The molecule has 1 amide bonds. The predicted molar refractivity (Wildman–Crippen MR) is 114 cm³/mol. The molecular formula is C23H27ClN2O2. The molecule has 4 nitrogen and oxygen atoms in total. The van der Waals surface area contributed by atoms with E-state index in [0.717, 1.165) is 43.6 Å². The van der Waals surface area contributed by atoms with Gasteiger partial charge in [-0.2, -0.15) is 0 Å². The van der Waals surface area contributed by atoms with E-state index < -0.39 is 5.38 Å². The van der Waals surface area contributed by atoms with Gasteiger partial charge >= 0.3 is 0 Å². The highest BCUT2D eigenvalue weighted by Gasteiger charge is 2.24. The van der Waals surface area contributed by atoms with E-state index in [1.807, 2.05) is 18.2 Å². The first-order valence-electron chi connectivity index (χ1n) is 9.90. The Hall–Kier alpha value is -2.17. The largest absolute Gasteiger partial charge is 0.316 e. The first-order valence-corrected chi connectivity index (χ1v) is 10.3. The number of hydrogen-bond acceptors (Lipinski definition) is 3. The first-order chi connectivity index (χ1) is 13.6. The molecule has 2 aromatic carbocycles. The fourth-order valence-electron chi connectivity index (χ4n) is 3.60. The first kappa shape index (κ1) is 20.6. The molecule has 0 bridgehead atoms. The third kappa shape index (κ3) is 5.21. The van der Waals surface area contributed by atoms with Gasteiger partial charge in [0.1, 0.15) is 0 Å². The molecule has 0 spiro atoms. The molecule has 2 aromatic rings. The maximum absolute atomic E-state index is 12.6. The number of nitrogens with one attached hydrogen (secondary N) is 1. The van der Waals surface area contributed by atoms with E-state index in [9.17, 15) is 9.59 Å². The number of alkyl halides is 1. The van der Waals surface area contributed by atoms with Gasteiger partial charge in [-0.15, -0.1) is 11.6 Å². The lowest BCUT2D eigenvalue weighted by molar-refractivity contribution is -0.116. The van der Waals surface area contributed by atoms with E-state index in [1.165, 1.54) is 5.56 Å². The van der Waals surface area contributed by atoms with Crippen molar-refractivity contribution in [2.75, 3.05) is 24.5 Å². The summed E-state index contributed by atoms with van der Waals surface area (Å²) < 4.78 is 0. The number of ketones is 1. The number of amides is 1. The number of fused-ring (bicyclic) bond motifs is 1. The lowest BCUT2D eigenvalue weighted by Gasteiger charge is -2.15. The van der Waals surface area contributed by atoms with Crippen LogP contribution in [0.3, 0.4) is 0 Å². The van der Waals surface area contributed by atoms with Gasteiger partial charge in [0.25, 0.3) is 0 Å². The molecule has 0 saturated heterocycles. The Labute approximate surface area is 171 Å². The zero-order valence-corrected chi connectivity index (χ0v) is 17.0. The summed E-state index contributed by atoms with van der Waals surface area (Å²) in [5.41, 5.74) is 3.92. The highest BCUT2D eigenvalue weighted by molar-refractivity contribution is 6.33. The van der Waals surface area contributed by atoms with Crippen LogP contribution in [0.15, 0.2) is 48.5 Å². The summed E-state index contributed by atoms with van der Waals surface area (Å²) in [5, 5.41) is 2.90. The zero-order valence-electron chi connectivity index (χ0n) is 16.3. The van der Waals surface area contributed by atoms with Crippen molar-refractivity contribution in [2.45, 2.75) is 38.0 Å². The molecule has 1 N–H and O–H groups in total. The molecule has 0 fully saturated rings. The fourth-order valence-corrected chi connectivity index (χ4v) is 3.88. The van der Waals surface area contributed by atoms with Crippen molar-refractivity contribution in [2.24, 2.45) is 0 Å². The predicted octanol–water partition coefficient (Wildman–Crippen LogP) is 4.00. The number of carbonyl (C=O) groups excluding carboxylic acids is 2. The third-order valence-electron chi connectivity index (χ3n) is 5.17. The van der Waals surface area contributed by atoms with Crippen molar-refractivity contribution in [3.8, 4) is 0 Å². The number of carbonyl (C=O) groups is 2. The molecule has 1 heterocycles. The van der Waals surface area contributed by atoms with E-state index in [1.54, 1.807) is 17.9 Å². The molecule has 148 valence electrons. The standard InChI is InChI=1S/C23H27ClN2O2/c1-17(27)26-15-12-19-16-20(9-10-22(19)26)23(28)21(24)8-5-13-25-14-11-18-6-3-2-4-7-18/h2-4,6-7,9-10,16,21,25H,5,8,11-15H2,1H3. The molecule has 1 atom stereocenters. The Kier molecular flexibility index (Phi) is 7.24. The quantitative estimate of drug-likeness (QED) is 0.394. The summed E-state index contributed by atoms with van der Waals surface area (Å²) in [6.45, 7) is 4.02. The summed E-state index contributed by atoms with van der Waals surface area (Å²) in [4.78, 5) is 26.0. The van der Waals surface area contributed by atoms with Crippen LogP contribution in [0, 0.1) is 0 Å². The van der Waals surface area contributed by atoms with Gasteiger partial charge in [0.2, 0.25) is 5.91 Å². The number of benzene rings is 2. The molecule has 1 unspecified atom stereocenters. The van der Waals surface area contributed by atoms with Crippen LogP contribution in [-0.4, -0.2) is 36.7 Å².